The minimum Gasteiger partial charge on any atom is -0.501 e. The van der Waals surface area contributed by atoms with Crippen molar-refractivity contribution in [3.8, 4) is 11.6 Å². The Kier molecular flexibility index (Phi) is 6.77. The molecule has 3 N–H and O–H groups in total. The van der Waals surface area contributed by atoms with E-state index in [1.165, 1.54) is 0 Å². The van der Waals surface area contributed by atoms with Crippen LogP contribution >= 0.6 is 23.2 Å². The first-order valence-corrected chi connectivity index (χ1v) is 9.76. The Balaban J connectivity index is 1.91. The molecule has 0 spiro atoms. The van der Waals surface area contributed by atoms with Gasteiger partial charge in [-0.2, -0.15) is 4.98 Å². The third-order valence-electron chi connectivity index (χ3n) is 4.35. The molecule has 0 aliphatic rings. The lowest BCUT2D eigenvalue weighted by molar-refractivity contribution is 0.0940. The van der Waals surface area contributed by atoms with E-state index in [1.54, 1.807) is 18.2 Å². The van der Waals surface area contributed by atoms with Crippen LogP contribution in [-0.2, 0) is 6.54 Å². The molecule has 0 fully saturated rings. The molecule has 0 saturated heterocycles. The van der Waals surface area contributed by atoms with E-state index in [4.69, 9.17) is 23.2 Å². The quantitative estimate of drug-likeness (QED) is 0.532. The van der Waals surface area contributed by atoms with Crippen molar-refractivity contribution < 1.29 is 15.0 Å². The highest BCUT2D eigenvalue weighted by Gasteiger charge is 2.26. The van der Waals surface area contributed by atoms with Crippen LogP contribution in [0, 0.1) is 0 Å². The van der Waals surface area contributed by atoms with E-state index >= 15 is 0 Å². The van der Waals surface area contributed by atoms with E-state index in [-0.39, 0.29) is 18.1 Å². The van der Waals surface area contributed by atoms with E-state index in [9.17, 15) is 15.0 Å². The van der Waals surface area contributed by atoms with Gasteiger partial charge < -0.3 is 15.5 Å². The molecule has 3 aromatic rings. The van der Waals surface area contributed by atoms with Crippen molar-refractivity contribution in [1.29, 1.82) is 0 Å². The monoisotopic (exact) mass is 446 g/mol. The summed E-state index contributed by atoms with van der Waals surface area (Å²) in [7, 11) is 3.65. The van der Waals surface area contributed by atoms with Crippen molar-refractivity contribution in [3.63, 3.8) is 0 Å². The van der Waals surface area contributed by atoms with E-state index in [0.717, 1.165) is 5.56 Å². The van der Waals surface area contributed by atoms with Gasteiger partial charge in [-0.05, 0) is 43.4 Å². The summed E-state index contributed by atoms with van der Waals surface area (Å²) in [6.07, 6.45) is 0. The maximum atomic E-state index is 12.7. The molecule has 0 radical (unpaired) electrons. The highest BCUT2D eigenvalue weighted by molar-refractivity contribution is 6.34. The molecule has 7 nitrogen and oxygen atoms in total. The van der Waals surface area contributed by atoms with Crippen molar-refractivity contribution in [2.75, 3.05) is 14.1 Å². The fraction of sp³-hybridized carbons (Fsp3) is 0.190. The zero-order valence-corrected chi connectivity index (χ0v) is 17.8. The summed E-state index contributed by atoms with van der Waals surface area (Å²) < 4.78 is 0. The molecule has 0 bridgehead atoms. The first-order valence-electron chi connectivity index (χ1n) is 9.00. The lowest BCUT2D eigenvalue weighted by Crippen LogP contribution is -2.27. The molecule has 1 atom stereocenters. The van der Waals surface area contributed by atoms with Gasteiger partial charge in [0.2, 0.25) is 5.75 Å². The number of nitrogens with zero attached hydrogens (tertiary/aromatic N) is 3. The standard InChI is InChI=1S/C21H20Cl2N4O3/c1-27(2)17(13-6-4-3-5-7-13)19-25-16(18(28)21(30)26-19)20(29)24-11-12-8-14(22)10-15(23)9-12/h3-10,17,28H,11H2,1-2H3,(H,24,29)(H,25,26,30). The van der Waals surface area contributed by atoms with E-state index in [2.05, 4.69) is 15.3 Å². The Morgan fingerprint density at radius 3 is 2.30 bits per heavy atom. The highest BCUT2D eigenvalue weighted by Crippen LogP contribution is 2.31. The zero-order valence-electron chi connectivity index (χ0n) is 16.3. The first-order chi connectivity index (χ1) is 14.3. The zero-order chi connectivity index (χ0) is 21.8. The van der Waals surface area contributed by atoms with Gasteiger partial charge in [0.1, 0.15) is 0 Å². The van der Waals surface area contributed by atoms with E-state index < -0.39 is 23.6 Å². The number of hydrogen-bond acceptors (Lipinski definition) is 6. The van der Waals surface area contributed by atoms with Gasteiger partial charge in [0.05, 0.1) is 6.04 Å². The Labute approximate surface area is 183 Å². The third-order valence-corrected chi connectivity index (χ3v) is 4.79. The van der Waals surface area contributed by atoms with Crippen LogP contribution < -0.4 is 5.32 Å². The minimum absolute atomic E-state index is 0.106. The van der Waals surface area contributed by atoms with Crippen LogP contribution in [0.5, 0.6) is 11.6 Å². The Bertz CT molecular complexity index is 1040. The lowest BCUT2D eigenvalue weighted by Gasteiger charge is -2.24. The summed E-state index contributed by atoms with van der Waals surface area (Å²) in [6.45, 7) is 0.106. The van der Waals surface area contributed by atoms with E-state index in [0.29, 0.717) is 15.6 Å². The minimum atomic E-state index is -0.689. The second-order valence-electron chi connectivity index (χ2n) is 6.84. The predicted molar refractivity (Wildman–Crippen MR) is 115 cm³/mol. The summed E-state index contributed by atoms with van der Waals surface area (Å²) in [5.74, 6) is -1.85. The molecule has 0 aliphatic carbocycles. The number of benzene rings is 2. The molecular formula is C21H20Cl2N4O3. The maximum absolute atomic E-state index is 12.7. The average molecular weight is 447 g/mol. The topological polar surface area (TPSA) is 98.6 Å². The van der Waals surface area contributed by atoms with Gasteiger partial charge >= 0.3 is 0 Å². The van der Waals surface area contributed by atoms with Crippen molar-refractivity contribution in [2.24, 2.45) is 0 Å². The van der Waals surface area contributed by atoms with Crippen LogP contribution in [0.4, 0.5) is 0 Å². The Morgan fingerprint density at radius 2 is 1.70 bits per heavy atom. The molecule has 1 amide bonds. The largest absolute Gasteiger partial charge is 0.501 e. The van der Waals surface area contributed by atoms with Gasteiger partial charge in [0.25, 0.3) is 11.8 Å². The van der Waals surface area contributed by atoms with Crippen molar-refractivity contribution in [2.45, 2.75) is 12.6 Å². The van der Waals surface area contributed by atoms with Gasteiger partial charge in [-0.25, -0.2) is 4.98 Å². The predicted octanol–water partition coefficient (Wildman–Crippen LogP) is 3.78. The summed E-state index contributed by atoms with van der Waals surface area (Å²) in [4.78, 5) is 22.8. The smallest absolute Gasteiger partial charge is 0.274 e. The summed E-state index contributed by atoms with van der Waals surface area (Å²) in [5, 5.41) is 23.8. The van der Waals surface area contributed by atoms with Crippen molar-refractivity contribution in [1.82, 2.24) is 20.2 Å². The van der Waals surface area contributed by atoms with Gasteiger partial charge in [-0.3, -0.25) is 9.69 Å². The molecule has 2 aromatic carbocycles. The number of carbonyl (C=O) groups is 1. The first kappa shape index (κ1) is 21.8. The van der Waals surface area contributed by atoms with Gasteiger partial charge in [0, 0.05) is 16.6 Å². The highest BCUT2D eigenvalue weighted by atomic mass is 35.5. The fourth-order valence-corrected chi connectivity index (χ4v) is 3.60. The Hall–Kier alpha value is -2.87. The second kappa shape index (κ2) is 9.30. The fourth-order valence-electron chi connectivity index (χ4n) is 3.03. The Morgan fingerprint density at radius 1 is 1.07 bits per heavy atom. The number of nitrogens with one attached hydrogen (secondary N) is 1. The summed E-state index contributed by atoms with van der Waals surface area (Å²) in [6, 6.07) is 13.9. The number of aromatic hydroxyl groups is 2. The van der Waals surface area contributed by atoms with Gasteiger partial charge in [0.15, 0.2) is 11.5 Å². The molecule has 1 heterocycles. The molecule has 9 heteroatoms. The van der Waals surface area contributed by atoms with Crippen molar-refractivity contribution >= 4 is 29.1 Å². The number of hydrogen-bond donors (Lipinski definition) is 3. The second-order valence-corrected chi connectivity index (χ2v) is 7.71. The number of carbonyl (C=O) groups excluding carboxylic acids is 1. The molecule has 0 aliphatic heterocycles. The summed E-state index contributed by atoms with van der Waals surface area (Å²) >= 11 is 12.0. The average Bonchev–Trinajstić information content (AvgIpc) is 2.68. The van der Waals surface area contributed by atoms with Crippen LogP contribution in [-0.4, -0.2) is 45.1 Å². The molecule has 1 aromatic heterocycles. The van der Waals surface area contributed by atoms with Crippen LogP contribution in [0.1, 0.15) is 33.5 Å². The van der Waals surface area contributed by atoms with Crippen LogP contribution in [0.15, 0.2) is 48.5 Å². The van der Waals surface area contributed by atoms with E-state index in [1.807, 2.05) is 49.3 Å². The number of rotatable bonds is 6. The van der Waals surface area contributed by atoms with Gasteiger partial charge in [-0.1, -0.05) is 53.5 Å². The number of amides is 1. The molecular weight excluding hydrogens is 427 g/mol. The molecule has 1 unspecified atom stereocenters. The third kappa shape index (κ3) is 4.99. The normalized spacial score (nSPS) is 12.0. The van der Waals surface area contributed by atoms with Crippen LogP contribution in [0.25, 0.3) is 0 Å². The molecule has 156 valence electrons. The number of halogens is 2. The van der Waals surface area contributed by atoms with Crippen LogP contribution in [0.2, 0.25) is 10.0 Å². The van der Waals surface area contributed by atoms with Crippen molar-refractivity contribution in [3.05, 3.63) is 81.2 Å². The molecule has 3 rings (SSSR count). The number of aromatic nitrogens is 2. The maximum Gasteiger partial charge on any atom is 0.274 e. The summed E-state index contributed by atoms with van der Waals surface area (Å²) in [5.41, 5.74) is 1.22. The molecule has 0 saturated carbocycles. The molecule has 30 heavy (non-hydrogen) atoms. The lowest BCUT2D eigenvalue weighted by atomic mass is 10.1. The van der Waals surface area contributed by atoms with Crippen LogP contribution in [0.3, 0.4) is 0 Å². The van der Waals surface area contributed by atoms with Gasteiger partial charge in [-0.15, -0.1) is 0 Å². The SMILES string of the molecule is CN(C)C(c1ccccc1)c1nc(O)c(O)c(C(=O)NCc2cc(Cl)cc(Cl)c2)n1.